The van der Waals surface area contributed by atoms with Crippen LogP contribution < -0.4 is 10.1 Å². The zero-order valence-electron chi connectivity index (χ0n) is 15.3. The summed E-state index contributed by atoms with van der Waals surface area (Å²) in [5, 5.41) is 6.95. The molecule has 0 fully saturated rings. The number of nitrogens with zero attached hydrogens (tertiary/aromatic N) is 1. The lowest BCUT2D eigenvalue weighted by molar-refractivity contribution is 0.102. The normalized spacial score (nSPS) is 10.5. The lowest BCUT2D eigenvalue weighted by Gasteiger charge is -2.08. The minimum atomic E-state index is -0.269. The maximum absolute atomic E-state index is 12.8. The molecule has 3 aromatic carbocycles. The number of carbonyl (C=O) groups is 1. The number of hydrogen-bond acceptors (Lipinski definition) is 4. The van der Waals surface area contributed by atoms with E-state index in [0.717, 1.165) is 11.3 Å². The highest BCUT2D eigenvalue weighted by Gasteiger charge is 2.21. The van der Waals surface area contributed by atoms with Crippen LogP contribution in [0.15, 0.2) is 89.5 Å². The van der Waals surface area contributed by atoms with Crippen molar-refractivity contribution in [2.24, 2.45) is 0 Å². The molecule has 5 nitrogen and oxygen atoms in total. The Hall–Kier alpha value is -3.86. The molecule has 28 heavy (non-hydrogen) atoms. The Kier molecular flexibility index (Phi) is 4.89. The van der Waals surface area contributed by atoms with Crippen molar-refractivity contribution in [3.63, 3.8) is 0 Å². The molecule has 1 heterocycles. The van der Waals surface area contributed by atoms with Crippen molar-refractivity contribution in [2.45, 2.75) is 6.92 Å². The summed E-state index contributed by atoms with van der Waals surface area (Å²) in [6.45, 7) is 1.73. The van der Waals surface area contributed by atoms with E-state index in [4.69, 9.17) is 9.26 Å². The van der Waals surface area contributed by atoms with Crippen LogP contribution in [0.3, 0.4) is 0 Å². The van der Waals surface area contributed by atoms with Crippen LogP contribution in [0, 0.1) is 6.92 Å². The molecule has 5 heteroatoms. The molecule has 0 spiro atoms. The maximum Gasteiger partial charge on any atom is 0.261 e. The average molecular weight is 370 g/mol. The fraction of sp³-hybridized carbons (Fsp3) is 0.0435. The third kappa shape index (κ3) is 3.78. The second-order valence-corrected chi connectivity index (χ2v) is 6.22. The van der Waals surface area contributed by atoms with Crippen molar-refractivity contribution >= 4 is 11.6 Å². The smallest absolute Gasteiger partial charge is 0.261 e. The van der Waals surface area contributed by atoms with Crippen LogP contribution in [0.25, 0.3) is 11.3 Å². The molecule has 4 aromatic rings. The zero-order chi connectivity index (χ0) is 19.3. The summed E-state index contributed by atoms with van der Waals surface area (Å²) in [6, 6.07) is 26.2. The number of aromatic nitrogens is 1. The van der Waals surface area contributed by atoms with Gasteiger partial charge < -0.3 is 14.6 Å². The van der Waals surface area contributed by atoms with E-state index in [-0.39, 0.29) is 5.91 Å². The molecule has 1 amide bonds. The highest BCUT2D eigenvalue weighted by molar-refractivity contribution is 6.08. The van der Waals surface area contributed by atoms with Crippen molar-refractivity contribution < 1.29 is 14.1 Å². The molecule has 0 unspecified atom stereocenters. The summed E-state index contributed by atoms with van der Waals surface area (Å²) in [5.74, 6) is 1.65. The Balaban J connectivity index is 1.51. The van der Waals surface area contributed by atoms with Crippen LogP contribution in [-0.2, 0) is 0 Å². The van der Waals surface area contributed by atoms with E-state index in [9.17, 15) is 4.79 Å². The molecule has 0 radical (unpaired) electrons. The monoisotopic (exact) mass is 370 g/mol. The molecule has 0 bridgehead atoms. The average Bonchev–Trinajstić information content (AvgIpc) is 3.12. The number of para-hydroxylation sites is 1. The van der Waals surface area contributed by atoms with Crippen molar-refractivity contribution in [1.82, 2.24) is 5.16 Å². The molecule has 138 valence electrons. The predicted octanol–water partition coefficient (Wildman–Crippen LogP) is 5.69. The van der Waals surface area contributed by atoms with Gasteiger partial charge in [0.15, 0.2) is 0 Å². The van der Waals surface area contributed by atoms with Gasteiger partial charge in [-0.25, -0.2) is 0 Å². The van der Waals surface area contributed by atoms with Crippen molar-refractivity contribution in [3.8, 4) is 22.8 Å². The van der Waals surface area contributed by atoms with Gasteiger partial charge in [0.05, 0.1) is 0 Å². The predicted molar refractivity (Wildman–Crippen MR) is 108 cm³/mol. The third-order valence-electron chi connectivity index (χ3n) is 4.23. The second-order valence-electron chi connectivity index (χ2n) is 6.22. The Morgan fingerprint density at radius 2 is 1.46 bits per heavy atom. The van der Waals surface area contributed by atoms with E-state index >= 15 is 0 Å². The Labute approximate surface area is 162 Å². The van der Waals surface area contributed by atoms with Crippen molar-refractivity contribution in [2.75, 3.05) is 5.32 Å². The molecule has 0 aliphatic rings. The summed E-state index contributed by atoms with van der Waals surface area (Å²) in [6.07, 6.45) is 0. The van der Waals surface area contributed by atoms with Gasteiger partial charge in [0.2, 0.25) is 0 Å². The lowest BCUT2D eigenvalue weighted by Crippen LogP contribution is -2.13. The number of ether oxygens (including phenoxy) is 1. The first-order valence-corrected chi connectivity index (χ1v) is 8.87. The van der Waals surface area contributed by atoms with E-state index in [1.165, 1.54) is 0 Å². The largest absolute Gasteiger partial charge is 0.457 e. The van der Waals surface area contributed by atoms with Gasteiger partial charge in [-0.15, -0.1) is 0 Å². The third-order valence-corrected chi connectivity index (χ3v) is 4.23. The Bertz CT molecular complexity index is 1070. The van der Waals surface area contributed by atoms with E-state index in [1.807, 2.05) is 60.7 Å². The SMILES string of the molecule is Cc1onc(-c2ccccc2)c1C(=O)Nc1ccc(Oc2ccccc2)cc1. The number of anilines is 1. The molecule has 1 aromatic heterocycles. The molecule has 0 saturated heterocycles. The lowest BCUT2D eigenvalue weighted by atomic mass is 10.1. The minimum Gasteiger partial charge on any atom is -0.457 e. The Morgan fingerprint density at radius 3 is 2.14 bits per heavy atom. The highest BCUT2D eigenvalue weighted by atomic mass is 16.5. The van der Waals surface area contributed by atoms with E-state index in [2.05, 4.69) is 10.5 Å². The minimum absolute atomic E-state index is 0.269. The summed E-state index contributed by atoms with van der Waals surface area (Å²) < 4.78 is 11.0. The van der Waals surface area contributed by atoms with Crippen molar-refractivity contribution in [3.05, 3.63) is 96.3 Å². The van der Waals surface area contributed by atoms with Crippen LogP contribution in [0.1, 0.15) is 16.1 Å². The number of benzene rings is 3. The van der Waals surface area contributed by atoms with Gasteiger partial charge in [-0.2, -0.15) is 0 Å². The maximum atomic E-state index is 12.8. The van der Waals surface area contributed by atoms with E-state index in [1.54, 1.807) is 31.2 Å². The number of aryl methyl sites for hydroxylation is 1. The standard InChI is InChI=1S/C23H18N2O3/c1-16-21(22(25-28-16)17-8-4-2-5-9-17)23(26)24-18-12-14-20(15-13-18)27-19-10-6-3-7-11-19/h2-15H,1H3,(H,24,26). The quantitative estimate of drug-likeness (QED) is 0.490. The summed E-state index contributed by atoms with van der Waals surface area (Å²) in [5.41, 5.74) is 2.44. The molecule has 4 rings (SSSR count). The fourth-order valence-electron chi connectivity index (χ4n) is 2.86. The van der Waals surface area contributed by atoms with Crippen LogP contribution in [-0.4, -0.2) is 11.1 Å². The molecular weight excluding hydrogens is 352 g/mol. The number of amides is 1. The van der Waals surface area contributed by atoms with Crippen LogP contribution >= 0.6 is 0 Å². The number of hydrogen-bond donors (Lipinski definition) is 1. The first-order valence-electron chi connectivity index (χ1n) is 8.87. The van der Waals surface area contributed by atoms with Gasteiger partial charge in [0.25, 0.3) is 5.91 Å². The van der Waals surface area contributed by atoms with Gasteiger partial charge in [0.1, 0.15) is 28.5 Å². The van der Waals surface area contributed by atoms with Gasteiger partial charge in [0, 0.05) is 11.3 Å². The van der Waals surface area contributed by atoms with Crippen LogP contribution in [0.2, 0.25) is 0 Å². The molecular formula is C23H18N2O3. The van der Waals surface area contributed by atoms with Gasteiger partial charge in [-0.05, 0) is 43.3 Å². The molecule has 1 N–H and O–H groups in total. The van der Waals surface area contributed by atoms with Crippen LogP contribution in [0.4, 0.5) is 5.69 Å². The topological polar surface area (TPSA) is 64.4 Å². The van der Waals surface area contributed by atoms with Gasteiger partial charge >= 0.3 is 0 Å². The van der Waals surface area contributed by atoms with Gasteiger partial charge in [-0.3, -0.25) is 4.79 Å². The second kappa shape index (κ2) is 7.80. The first-order chi connectivity index (χ1) is 13.7. The number of nitrogens with one attached hydrogen (secondary N) is 1. The summed E-state index contributed by atoms with van der Waals surface area (Å²) >= 11 is 0. The first kappa shape index (κ1) is 17.5. The Morgan fingerprint density at radius 1 is 0.857 bits per heavy atom. The summed E-state index contributed by atoms with van der Waals surface area (Å²) in [4.78, 5) is 12.8. The summed E-state index contributed by atoms with van der Waals surface area (Å²) in [7, 11) is 0. The zero-order valence-corrected chi connectivity index (χ0v) is 15.3. The molecule has 0 aliphatic carbocycles. The molecule has 0 aliphatic heterocycles. The van der Waals surface area contributed by atoms with E-state index < -0.39 is 0 Å². The number of carbonyl (C=O) groups excluding carboxylic acids is 1. The van der Waals surface area contributed by atoms with Crippen molar-refractivity contribution in [1.29, 1.82) is 0 Å². The van der Waals surface area contributed by atoms with E-state index in [0.29, 0.717) is 28.5 Å². The molecule has 0 atom stereocenters. The van der Waals surface area contributed by atoms with Gasteiger partial charge in [-0.1, -0.05) is 53.7 Å². The highest BCUT2D eigenvalue weighted by Crippen LogP contribution is 2.27. The van der Waals surface area contributed by atoms with Crippen LogP contribution in [0.5, 0.6) is 11.5 Å². The number of rotatable bonds is 5. The molecule has 0 saturated carbocycles. The fourth-order valence-corrected chi connectivity index (χ4v) is 2.86.